The highest BCUT2D eigenvalue weighted by Gasteiger charge is 2.32. The Morgan fingerprint density at radius 1 is 1.00 bits per heavy atom. The van der Waals surface area contributed by atoms with Crippen LogP contribution in [0.1, 0.15) is 17.5 Å². The Bertz CT molecular complexity index is 717. The van der Waals surface area contributed by atoms with Gasteiger partial charge in [-0.25, -0.2) is 4.39 Å². The zero-order valence-electron chi connectivity index (χ0n) is 12.3. The van der Waals surface area contributed by atoms with Crippen molar-refractivity contribution in [2.24, 2.45) is 11.5 Å². The summed E-state index contributed by atoms with van der Waals surface area (Å²) in [5, 5.41) is 0. The number of allylic oxidation sites excluding steroid dienone is 1. The third kappa shape index (κ3) is 2.95. The SMILES string of the molecule is NC1=CCC(N)(Cc2ccc(F)cc2)C(c2ccccc2)=C1. The third-order valence-electron chi connectivity index (χ3n) is 4.07. The lowest BCUT2D eigenvalue weighted by molar-refractivity contribution is 0.542. The van der Waals surface area contributed by atoms with Gasteiger partial charge >= 0.3 is 0 Å². The molecule has 0 fully saturated rings. The molecule has 0 saturated carbocycles. The number of rotatable bonds is 3. The highest BCUT2D eigenvalue weighted by molar-refractivity contribution is 5.77. The molecule has 3 heteroatoms. The van der Waals surface area contributed by atoms with Gasteiger partial charge in [-0.3, -0.25) is 0 Å². The normalized spacial score (nSPS) is 21.2. The van der Waals surface area contributed by atoms with Crippen molar-refractivity contribution in [2.45, 2.75) is 18.4 Å². The van der Waals surface area contributed by atoms with E-state index >= 15 is 0 Å². The van der Waals surface area contributed by atoms with E-state index in [1.165, 1.54) is 12.1 Å². The highest BCUT2D eigenvalue weighted by Crippen LogP contribution is 2.35. The number of hydrogen-bond donors (Lipinski definition) is 2. The van der Waals surface area contributed by atoms with E-state index in [-0.39, 0.29) is 5.82 Å². The lowest BCUT2D eigenvalue weighted by atomic mass is 9.75. The molecule has 0 aliphatic heterocycles. The standard InChI is InChI=1S/C19H19FN2/c20-16-8-6-14(7-9-16)13-19(22)11-10-17(21)12-18(19)15-4-2-1-3-5-15/h1-10,12H,11,13,21-22H2. The van der Waals surface area contributed by atoms with Crippen molar-refractivity contribution in [3.8, 4) is 0 Å². The highest BCUT2D eigenvalue weighted by atomic mass is 19.1. The quantitative estimate of drug-likeness (QED) is 0.911. The van der Waals surface area contributed by atoms with Gasteiger partial charge in [0.25, 0.3) is 0 Å². The smallest absolute Gasteiger partial charge is 0.123 e. The molecule has 22 heavy (non-hydrogen) atoms. The molecular formula is C19H19FN2. The average molecular weight is 294 g/mol. The molecule has 2 nitrogen and oxygen atoms in total. The van der Waals surface area contributed by atoms with E-state index in [0.717, 1.165) is 22.4 Å². The van der Waals surface area contributed by atoms with Crippen LogP contribution in [0.25, 0.3) is 5.57 Å². The average Bonchev–Trinajstić information content (AvgIpc) is 2.53. The number of hydrogen-bond acceptors (Lipinski definition) is 2. The maximum atomic E-state index is 13.1. The van der Waals surface area contributed by atoms with Gasteiger partial charge < -0.3 is 11.5 Å². The van der Waals surface area contributed by atoms with Crippen LogP contribution < -0.4 is 11.5 Å². The minimum absolute atomic E-state index is 0.235. The predicted octanol–water partition coefficient (Wildman–Crippen LogP) is 3.40. The van der Waals surface area contributed by atoms with Crippen LogP contribution in [0, 0.1) is 5.82 Å². The molecule has 1 atom stereocenters. The predicted molar refractivity (Wildman–Crippen MR) is 88.3 cm³/mol. The van der Waals surface area contributed by atoms with Crippen molar-refractivity contribution in [3.63, 3.8) is 0 Å². The Labute approximate surface area is 130 Å². The summed E-state index contributed by atoms with van der Waals surface area (Å²) in [5.41, 5.74) is 16.0. The summed E-state index contributed by atoms with van der Waals surface area (Å²) in [7, 11) is 0. The molecule has 1 aliphatic rings. The van der Waals surface area contributed by atoms with Gasteiger partial charge in [-0.15, -0.1) is 0 Å². The van der Waals surface area contributed by atoms with Crippen LogP contribution >= 0.6 is 0 Å². The van der Waals surface area contributed by atoms with Crippen LogP contribution in [0.3, 0.4) is 0 Å². The van der Waals surface area contributed by atoms with Gasteiger partial charge in [0.05, 0.1) is 0 Å². The summed E-state index contributed by atoms with van der Waals surface area (Å²) >= 11 is 0. The molecule has 3 rings (SSSR count). The molecular weight excluding hydrogens is 275 g/mol. The summed E-state index contributed by atoms with van der Waals surface area (Å²) in [5.74, 6) is -0.235. The van der Waals surface area contributed by atoms with Gasteiger partial charge in [-0.1, -0.05) is 48.5 Å². The molecule has 0 bridgehead atoms. The molecule has 0 heterocycles. The maximum absolute atomic E-state index is 13.1. The van der Waals surface area contributed by atoms with Crippen molar-refractivity contribution >= 4 is 5.57 Å². The molecule has 4 N–H and O–H groups in total. The summed E-state index contributed by atoms with van der Waals surface area (Å²) in [6.45, 7) is 0. The number of benzene rings is 2. The molecule has 1 unspecified atom stereocenters. The molecule has 112 valence electrons. The minimum Gasteiger partial charge on any atom is -0.399 e. The Kier molecular flexibility index (Phi) is 3.82. The van der Waals surface area contributed by atoms with Gasteiger partial charge in [0.1, 0.15) is 5.82 Å². The Balaban J connectivity index is 1.96. The second kappa shape index (κ2) is 5.78. The van der Waals surface area contributed by atoms with Gasteiger partial charge in [-0.2, -0.15) is 0 Å². The zero-order chi connectivity index (χ0) is 15.6. The first-order valence-corrected chi connectivity index (χ1v) is 7.33. The van der Waals surface area contributed by atoms with Crippen molar-refractivity contribution in [3.05, 3.63) is 89.4 Å². The van der Waals surface area contributed by atoms with Crippen LogP contribution in [0.15, 0.2) is 72.4 Å². The Morgan fingerprint density at radius 3 is 2.36 bits per heavy atom. The largest absolute Gasteiger partial charge is 0.399 e. The fraction of sp³-hybridized carbons (Fsp3) is 0.158. The summed E-state index contributed by atoms with van der Waals surface area (Å²) in [6.07, 6.45) is 5.20. The Morgan fingerprint density at radius 2 is 1.68 bits per heavy atom. The maximum Gasteiger partial charge on any atom is 0.123 e. The Hall–Kier alpha value is -2.39. The lowest BCUT2D eigenvalue weighted by Gasteiger charge is -2.34. The van der Waals surface area contributed by atoms with E-state index < -0.39 is 5.54 Å². The van der Waals surface area contributed by atoms with Crippen molar-refractivity contribution in [1.82, 2.24) is 0 Å². The number of nitrogens with two attached hydrogens (primary N) is 2. The monoisotopic (exact) mass is 294 g/mol. The molecule has 0 spiro atoms. The fourth-order valence-electron chi connectivity index (χ4n) is 2.90. The third-order valence-corrected chi connectivity index (χ3v) is 4.07. The summed E-state index contributed by atoms with van der Waals surface area (Å²) in [4.78, 5) is 0. The molecule has 0 aromatic heterocycles. The molecule has 2 aromatic rings. The van der Waals surface area contributed by atoms with Gasteiger partial charge in [0, 0.05) is 11.2 Å². The van der Waals surface area contributed by atoms with E-state index in [1.807, 2.05) is 42.5 Å². The van der Waals surface area contributed by atoms with Crippen molar-refractivity contribution < 1.29 is 4.39 Å². The molecule has 0 radical (unpaired) electrons. The van der Waals surface area contributed by atoms with E-state index in [4.69, 9.17) is 11.5 Å². The first-order valence-electron chi connectivity index (χ1n) is 7.33. The molecule has 1 aliphatic carbocycles. The number of halogens is 1. The van der Waals surface area contributed by atoms with E-state index in [1.54, 1.807) is 12.1 Å². The second-order valence-electron chi connectivity index (χ2n) is 5.79. The van der Waals surface area contributed by atoms with E-state index in [2.05, 4.69) is 0 Å². The van der Waals surface area contributed by atoms with E-state index in [9.17, 15) is 4.39 Å². The van der Waals surface area contributed by atoms with Crippen LogP contribution in [0.2, 0.25) is 0 Å². The lowest BCUT2D eigenvalue weighted by Crippen LogP contribution is -2.44. The first-order chi connectivity index (χ1) is 10.6. The second-order valence-corrected chi connectivity index (χ2v) is 5.79. The van der Waals surface area contributed by atoms with Gasteiger partial charge in [0.15, 0.2) is 0 Å². The fourth-order valence-corrected chi connectivity index (χ4v) is 2.90. The summed E-state index contributed by atoms with van der Waals surface area (Å²) in [6, 6.07) is 16.5. The van der Waals surface area contributed by atoms with Gasteiger partial charge in [-0.05, 0) is 47.8 Å². The first kappa shape index (κ1) is 14.5. The van der Waals surface area contributed by atoms with Crippen LogP contribution in [-0.2, 0) is 6.42 Å². The van der Waals surface area contributed by atoms with Crippen molar-refractivity contribution in [2.75, 3.05) is 0 Å². The molecule has 2 aromatic carbocycles. The van der Waals surface area contributed by atoms with Crippen LogP contribution in [-0.4, -0.2) is 5.54 Å². The topological polar surface area (TPSA) is 52.0 Å². The minimum atomic E-state index is -0.540. The van der Waals surface area contributed by atoms with E-state index in [0.29, 0.717) is 12.8 Å². The van der Waals surface area contributed by atoms with Crippen molar-refractivity contribution in [1.29, 1.82) is 0 Å². The molecule has 0 amide bonds. The summed E-state index contributed by atoms with van der Waals surface area (Å²) < 4.78 is 13.1. The molecule has 0 saturated heterocycles. The van der Waals surface area contributed by atoms with Crippen LogP contribution in [0.4, 0.5) is 4.39 Å². The zero-order valence-corrected chi connectivity index (χ0v) is 12.3. The van der Waals surface area contributed by atoms with Gasteiger partial charge in [0.2, 0.25) is 0 Å². The van der Waals surface area contributed by atoms with Crippen LogP contribution in [0.5, 0.6) is 0 Å².